The molecule has 2 rings (SSSR count). The summed E-state index contributed by atoms with van der Waals surface area (Å²) in [5.74, 6) is 2.48. The molecule has 1 aliphatic rings. The molecule has 0 bridgehead atoms. The molecule has 1 aliphatic carbocycles. The Labute approximate surface area is 114 Å². The van der Waals surface area contributed by atoms with Gasteiger partial charge in [-0.3, -0.25) is 0 Å². The zero-order valence-corrected chi connectivity index (χ0v) is 11.5. The number of ether oxygens (including phenoxy) is 2. The number of nitrogens with one attached hydrogen (secondary N) is 1. The van der Waals surface area contributed by atoms with Crippen molar-refractivity contribution in [2.45, 2.75) is 25.4 Å². The van der Waals surface area contributed by atoms with Crippen LogP contribution in [-0.4, -0.2) is 38.0 Å². The summed E-state index contributed by atoms with van der Waals surface area (Å²) in [6.07, 6.45) is 3.52. The van der Waals surface area contributed by atoms with Crippen LogP contribution >= 0.6 is 0 Å². The maximum absolute atomic E-state index is 9.78. The molecule has 1 saturated carbocycles. The van der Waals surface area contributed by atoms with Crippen molar-refractivity contribution in [3.8, 4) is 11.5 Å². The molecule has 4 nitrogen and oxygen atoms in total. The number of hydrogen-bond acceptors (Lipinski definition) is 4. The maximum atomic E-state index is 9.78. The largest absolute Gasteiger partial charge is 0.497 e. The van der Waals surface area contributed by atoms with Crippen molar-refractivity contribution in [3.05, 3.63) is 24.3 Å². The fourth-order valence-electron chi connectivity index (χ4n) is 1.90. The lowest BCUT2D eigenvalue weighted by Gasteiger charge is -2.13. The number of aliphatic hydroxyl groups excluding tert-OH is 1. The van der Waals surface area contributed by atoms with Crippen LogP contribution < -0.4 is 14.8 Å². The molecule has 1 aromatic rings. The van der Waals surface area contributed by atoms with Gasteiger partial charge in [0.25, 0.3) is 0 Å². The second kappa shape index (κ2) is 7.36. The lowest BCUT2D eigenvalue weighted by Crippen LogP contribution is -2.32. The van der Waals surface area contributed by atoms with Crippen molar-refractivity contribution in [1.82, 2.24) is 5.32 Å². The van der Waals surface area contributed by atoms with Gasteiger partial charge in [0.15, 0.2) is 0 Å². The Morgan fingerprint density at radius 2 is 1.95 bits per heavy atom. The van der Waals surface area contributed by atoms with E-state index in [1.807, 2.05) is 24.3 Å². The Hall–Kier alpha value is -1.26. The Morgan fingerprint density at radius 3 is 2.58 bits per heavy atom. The van der Waals surface area contributed by atoms with E-state index in [2.05, 4.69) is 5.32 Å². The summed E-state index contributed by atoms with van der Waals surface area (Å²) in [6, 6.07) is 7.36. The number of benzene rings is 1. The minimum atomic E-state index is -0.471. The Balaban J connectivity index is 1.57. The molecule has 0 heterocycles. The second-order valence-corrected chi connectivity index (χ2v) is 5.08. The van der Waals surface area contributed by atoms with Crippen LogP contribution in [0.25, 0.3) is 0 Å². The second-order valence-electron chi connectivity index (χ2n) is 5.08. The lowest BCUT2D eigenvalue weighted by molar-refractivity contribution is 0.106. The molecule has 0 aliphatic heterocycles. The van der Waals surface area contributed by atoms with E-state index < -0.39 is 6.10 Å². The number of hydrogen-bond donors (Lipinski definition) is 2. The summed E-state index contributed by atoms with van der Waals surface area (Å²) in [7, 11) is 1.63. The highest BCUT2D eigenvalue weighted by Gasteiger charge is 2.20. The van der Waals surface area contributed by atoms with Crippen molar-refractivity contribution in [1.29, 1.82) is 0 Å². The fourth-order valence-corrected chi connectivity index (χ4v) is 1.90. The molecule has 19 heavy (non-hydrogen) atoms. The van der Waals surface area contributed by atoms with E-state index in [9.17, 15) is 5.11 Å². The van der Waals surface area contributed by atoms with E-state index in [1.54, 1.807) is 7.11 Å². The highest BCUT2D eigenvalue weighted by atomic mass is 16.5. The van der Waals surface area contributed by atoms with Crippen LogP contribution in [-0.2, 0) is 0 Å². The van der Waals surface area contributed by atoms with E-state index in [4.69, 9.17) is 9.47 Å². The molecule has 0 aromatic heterocycles. The molecule has 0 radical (unpaired) electrons. The quantitative estimate of drug-likeness (QED) is 0.669. The SMILES string of the molecule is COc1ccc(OCC(O)CNCCC2CC2)cc1. The van der Waals surface area contributed by atoms with Crippen LogP contribution in [0.4, 0.5) is 0 Å². The molecular formula is C15H23NO3. The summed E-state index contributed by atoms with van der Waals surface area (Å²) in [6.45, 7) is 1.88. The smallest absolute Gasteiger partial charge is 0.119 e. The number of methoxy groups -OCH3 is 1. The molecular weight excluding hydrogens is 242 g/mol. The Morgan fingerprint density at radius 1 is 1.26 bits per heavy atom. The van der Waals surface area contributed by atoms with Crippen molar-refractivity contribution >= 4 is 0 Å². The molecule has 106 valence electrons. The molecule has 1 unspecified atom stereocenters. The van der Waals surface area contributed by atoms with Crippen molar-refractivity contribution in [2.24, 2.45) is 5.92 Å². The van der Waals surface area contributed by atoms with Gasteiger partial charge >= 0.3 is 0 Å². The molecule has 1 aromatic carbocycles. The van der Waals surface area contributed by atoms with Crippen LogP contribution in [0.1, 0.15) is 19.3 Å². The van der Waals surface area contributed by atoms with Gasteiger partial charge in [-0.2, -0.15) is 0 Å². The van der Waals surface area contributed by atoms with Gasteiger partial charge in [0.2, 0.25) is 0 Å². The average Bonchev–Trinajstić information content (AvgIpc) is 3.26. The summed E-state index contributed by atoms with van der Waals surface area (Å²) >= 11 is 0. The standard InChI is InChI=1S/C15H23NO3/c1-18-14-4-6-15(7-5-14)19-11-13(17)10-16-9-8-12-2-3-12/h4-7,12-13,16-17H,2-3,8-11H2,1H3. The van der Waals surface area contributed by atoms with Gasteiger partial charge in [-0.25, -0.2) is 0 Å². The molecule has 0 spiro atoms. The zero-order chi connectivity index (χ0) is 13.5. The van der Waals surface area contributed by atoms with Crippen LogP contribution in [0.5, 0.6) is 11.5 Å². The molecule has 4 heteroatoms. The third kappa shape index (κ3) is 5.49. The van der Waals surface area contributed by atoms with E-state index in [0.29, 0.717) is 13.2 Å². The molecule has 1 fully saturated rings. The van der Waals surface area contributed by atoms with Crippen molar-refractivity contribution < 1.29 is 14.6 Å². The van der Waals surface area contributed by atoms with Crippen LogP contribution in [0, 0.1) is 5.92 Å². The van der Waals surface area contributed by atoms with E-state index in [1.165, 1.54) is 19.3 Å². The average molecular weight is 265 g/mol. The summed E-state index contributed by atoms with van der Waals surface area (Å²) < 4.78 is 10.6. The molecule has 1 atom stereocenters. The minimum Gasteiger partial charge on any atom is -0.497 e. The number of rotatable bonds is 9. The van der Waals surface area contributed by atoms with Crippen molar-refractivity contribution in [2.75, 3.05) is 26.8 Å². The zero-order valence-electron chi connectivity index (χ0n) is 11.5. The van der Waals surface area contributed by atoms with Crippen molar-refractivity contribution in [3.63, 3.8) is 0 Å². The van der Waals surface area contributed by atoms with Gasteiger partial charge < -0.3 is 19.9 Å². The normalized spacial score (nSPS) is 16.1. The Kier molecular flexibility index (Phi) is 5.48. The number of aliphatic hydroxyl groups is 1. The molecule has 0 amide bonds. The van der Waals surface area contributed by atoms with E-state index in [0.717, 1.165) is 24.0 Å². The monoisotopic (exact) mass is 265 g/mol. The first kappa shape index (κ1) is 14.2. The predicted octanol–water partition coefficient (Wildman–Crippen LogP) is 1.82. The fraction of sp³-hybridized carbons (Fsp3) is 0.600. The van der Waals surface area contributed by atoms with Gasteiger partial charge in [-0.05, 0) is 43.1 Å². The molecule has 2 N–H and O–H groups in total. The third-order valence-electron chi connectivity index (χ3n) is 3.31. The van der Waals surface area contributed by atoms with E-state index in [-0.39, 0.29) is 0 Å². The molecule has 0 saturated heterocycles. The van der Waals surface area contributed by atoms with Gasteiger partial charge in [-0.15, -0.1) is 0 Å². The summed E-state index contributed by atoms with van der Waals surface area (Å²) in [5, 5.41) is 13.0. The van der Waals surface area contributed by atoms with Gasteiger partial charge in [-0.1, -0.05) is 12.8 Å². The first-order valence-corrected chi connectivity index (χ1v) is 6.93. The van der Waals surface area contributed by atoms with Gasteiger partial charge in [0.1, 0.15) is 24.2 Å². The highest BCUT2D eigenvalue weighted by Crippen LogP contribution is 2.31. The Bertz CT molecular complexity index is 362. The van der Waals surface area contributed by atoms with E-state index >= 15 is 0 Å². The first-order valence-electron chi connectivity index (χ1n) is 6.93. The van der Waals surface area contributed by atoms with Crippen LogP contribution in [0.15, 0.2) is 24.3 Å². The predicted molar refractivity (Wildman–Crippen MR) is 74.7 cm³/mol. The van der Waals surface area contributed by atoms with Gasteiger partial charge in [0.05, 0.1) is 7.11 Å². The third-order valence-corrected chi connectivity index (χ3v) is 3.31. The van der Waals surface area contributed by atoms with Crippen LogP contribution in [0.2, 0.25) is 0 Å². The summed E-state index contributed by atoms with van der Waals surface area (Å²) in [4.78, 5) is 0. The first-order chi connectivity index (χ1) is 9.28. The highest BCUT2D eigenvalue weighted by molar-refractivity contribution is 5.31. The summed E-state index contributed by atoms with van der Waals surface area (Å²) in [5.41, 5.74) is 0. The lowest BCUT2D eigenvalue weighted by atomic mass is 10.3. The maximum Gasteiger partial charge on any atom is 0.119 e. The minimum absolute atomic E-state index is 0.308. The van der Waals surface area contributed by atoms with Gasteiger partial charge in [0, 0.05) is 6.54 Å². The topological polar surface area (TPSA) is 50.7 Å². The van der Waals surface area contributed by atoms with Crippen LogP contribution in [0.3, 0.4) is 0 Å².